The third-order valence-corrected chi connectivity index (χ3v) is 8.14. The van der Waals surface area contributed by atoms with Gasteiger partial charge in [-0.1, -0.05) is 62.1 Å². The number of thioether (sulfide) groups is 1. The fourth-order valence-electron chi connectivity index (χ4n) is 4.30. The second-order valence-corrected chi connectivity index (χ2v) is 10.7. The highest BCUT2D eigenvalue weighted by Crippen LogP contribution is 2.38. The number of benzene rings is 1. The van der Waals surface area contributed by atoms with Gasteiger partial charge >= 0.3 is 5.97 Å². The highest BCUT2D eigenvalue weighted by molar-refractivity contribution is 8.00. The second kappa shape index (κ2) is 14.1. The predicted molar refractivity (Wildman–Crippen MR) is 135 cm³/mol. The van der Waals surface area contributed by atoms with E-state index in [4.69, 9.17) is 16.7 Å². The van der Waals surface area contributed by atoms with Crippen molar-refractivity contribution in [3.63, 3.8) is 0 Å². The maximum atomic E-state index is 12.5. The van der Waals surface area contributed by atoms with Gasteiger partial charge in [-0.3, -0.25) is 9.59 Å². The Hall–Kier alpha value is -1.34. The number of carboxylic acid groups (broad SMARTS) is 1. The summed E-state index contributed by atoms with van der Waals surface area (Å²) in [6.07, 6.45) is 9.41. The fourth-order valence-corrected chi connectivity index (χ4v) is 5.99. The van der Waals surface area contributed by atoms with E-state index in [1.165, 1.54) is 11.8 Å². The SMILES string of the molecule is CCCCCC(O)(CS[C@H]1C(O)CC(=O)[C@@H]1CC=CCCCC(=O)O)Cc1ccc(Cl)cc1. The molecule has 2 rings (SSSR count). The van der Waals surface area contributed by atoms with Gasteiger partial charge in [-0.25, -0.2) is 0 Å². The van der Waals surface area contributed by atoms with Gasteiger partial charge in [0, 0.05) is 41.2 Å². The monoisotopic (exact) mass is 496 g/mol. The number of ketones is 1. The minimum absolute atomic E-state index is 0.0578. The zero-order valence-corrected chi connectivity index (χ0v) is 21.0. The van der Waals surface area contributed by atoms with E-state index in [0.29, 0.717) is 42.9 Å². The van der Waals surface area contributed by atoms with Crippen molar-refractivity contribution in [2.75, 3.05) is 5.75 Å². The number of carbonyl (C=O) groups is 2. The average molecular weight is 497 g/mol. The maximum Gasteiger partial charge on any atom is 0.303 e. The number of Topliss-reactive ketones (excluding diaryl/α,β-unsaturated/α-hetero) is 1. The summed E-state index contributed by atoms with van der Waals surface area (Å²) in [6, 6.07) is 7.52. The van der Waals surface area contributed by atoms with E-state index in [0.717, 1.165) is 24.8 Å². The van der Waals surface area contributed by atoms with Gasteiger partial charge in [0.05, 0.1) is 11.7 Å². The number of hydrogen-bond acceptors (Lipinski definition) is 5. The number of allylic oxidation sites excluding steroid dienone is 2. The smallest absolute Gasteiger partial charge is 0.303 e. The van der Waals surface area contributed by atoms with E-state index in [-0.39, 0.29) is 29.8 Å². The van der Waals surface area contributed by atoms with Gasteiger partial charge in [0.25, 0.3) is 0 Å². The minimum atomic E-state index is -0.920. The molecule has 2 unspecified atom stereocenters. The number of carboxylic acids is 1. The largest absolute Gasteiger partial charge is 0.481 e. The topological polar surface area (TPSA) is 94.8 Å². The van der Waals surface area contributed by atoms with E-state index in [1.807, 2.05) is 36.4 Å². The standard InChI is InChI=1S/C26H37ClO5S/c1-2-3-8-15-26(32,17-19-11-13-20(27)14-12-19)18-33-25-21(22(28)16-23(25)29)9-6-4-5-7-10-24(30)31/h4,6,11-14,21,23,25,29,32H,2-3,5,7-10,15-18H2,1H3,(H,30,31)/t21-,23?,25+,26?/m0/s1. The molecule has 4 atom stereocenters. The summed E-state index contributed by atoms with van der Waals surface area (Å²) in [7, 11) is 0. The normalized spacial score (nSPS) is 22.7. The van der Waals surface area contributed by atoms with Crippen LogP contribution in [0.3, 0.4) is 0 Å². The third-order valence-electron chi connectivity index (χ3n) is 6.15. The Balaban J connectivity index is 1.99. The van der Waals surface area contributed by atoms with Crippen molar-refractivity contribution in [2.45, 2.75) is 88.1 Å². The summed E-state index contributed by atoms with van der Waals surface area (Å²) >= 11 is 7.51. The van der Waals surface area contributed by atoms with Crippen molar-refractivity contribution in [2.24, 2.45) is 5.92 Å². The molecular weight excluding hydrogens is 460 g/mol. The highest BCUT2D eigenvalue weighted by atomic mass is 35.5. The Morgan fingerprint density at radius 2 is 1.94 bits per heavy atom. The molecule has 0 bridgehead atoms. The lowest BCUT2D eigenvalue weighted by molar-refractivity contribution is -0.137. The molecular formula is C26H37ClO5S. The van der Waals surface area contributed by atoms with Crippen LogP contribution in [0, 0.1) is 5.92 Å². The van der Waals surface area contributed by atoms with Crippen molar-refractivity contribution in [1.82, 2.24) is 0 Å². The zero-order chi connectivity index (χ0) is 24.3. The molecule has 1 saturated carbocycles. The molecule has 1 aromatic rings. The number of carbonyl (C=O) groups excluding carboxylic acids is 1. The molecule has 0 amide bonds. The lowest BCUT2D eigenvalue weighted by Crippen LogP contribution is -2.37. The molecule has 0 aliphatic heterocycles. The summed E-state index contributed by atoms with van der Waals surface area (Å²) in [5.41, 5.74) is 0.0962. The number of aliphatic carboxylic acids is 1. The lowest BCUT2D eigenvalue weighted by atomic mass is 9.91. The van der Waals surface area contributed by atoms with E-state index in [1.54, 1.807) is 0 Å². The van der Waals surface area contributed by atoms with E-state index in [2.05, 4.69) is 6.92 Å². The molecule has 3 N–H and O–H groups in total. The number of rotatable bonds is 15. The first-order valence-corrected chi connectivity index (χ1v) is 13.3. The molecule has 184 valence electrons. The average Bonchev–Trinajstić information content (AvgIpc) is 3.03. The molecule has 0 spiro atoms. The van der Waals surface area contributed by atoms with Crippen LogP contribution in [0.15, 0.2) is 36.4 Å². The first-order valence-electron chi connectivity index (χ1n) is 11.9. The Morgan fingerprint density at radius 1 is 1.21 bits per heavy atom. The molecule has 1 aliphatic carbocycles. The number of aliphatic hydroxyl groups excluding tert-OH is 1. The van der Waals surface area contributed by atoms with Gasteiger partial charge in [0.1, 0.15) is 5.78 Å². The van der Waals surface area contributed by atoms with Gasteiger partial charge in [-0.15, -0.1) is 0 Å². The minimum Gasteiger partial charge on any atom is -0.481 e. The lowest BCUT2D eigenvalue weighted by Gasteiger charge is -2.31. The van der Waals surface area contributed by atoms with Crippen LogP contribution in [0.1, 0.15) is 70.3 Å². The molecule has 33 heavy (non-hydrogen) atoms. The molecule has 0 aromatic heterocycles. The summed E-state index contributed by atoms with van der Waals surface area (Å²) in [4.78, 5) is 23.1. The maximum absolute atomic E-state index is 12.5. The van der Waals surface area contributed by atoms with Crippen molar-refractivity contribution < 1.29 is 24.9 Å². The Labute approximate surface area is 206 Å². The highest BCUT2D eigenvalue weighted by Gasteiger charge is 2.42. The van der Waals surface area contributed by atoms with E-state index < -0.39 is 17.7 Å². The van der Waals surface area contributed by atoms with E-state index in [9.17, 15) is 19.8 Å². The molecule has 0 radical (unpaired) electrons. The van der Waals surface area contributed by atoms with Crippen LogP contribution in [0.2, 0.25) is 5.02 Å². The quantitative estimate of drug-likeness (QED) is 0.221. The van der Waals surface area contributed by atoms with Crippen LogP contribution in [-0.2, 0) is 16.0 Å². The first kappa shape index (κ1) is 27.9. The number of hydrogen-bond donors (Lipinski definition) is 3. The van der Waals surface area contributed by atoms with Crippen LogP contribution < -0.4 is 0 Å². The van der Waals surface area contributed by atoms with E-state index >= 15 is 0 Å². The summed E-state index contributed by atoms with van der Waals surface area (Å²) in [5, 5.41) is 31.2. The Bertz CT molecular complexity index is 781. The molecule has 1 fully saturated rings. The van der Waals surface area contributed by atoms with Gasteiger partial charge in [0.15, 0.2) is 0 Å². The summed E-state index contributed by atoms with van der Waals surface area (Å²) < 4.78 is 0. The van der Waals surface area contributed by atoms with Crippen LogP contribution in [0.5, 0.6) is 0 Å². The van der Waals surface area contributed by atoms with Gasteiger partial charge in [-0.2, -0.15) is 11.8 Å². The van der Waals surface area contributed by atoms with Crippen LogP contribution in [-0.4, -0.2) is 49.8 Å². The van der Waals surface area contributed by atoms with Gasteiger partial charge in [0.2, 0.25) is 0 Å². The van der Waals surface area contributed by atoms with Crippen LogP contribution >= 0.6 is 23.4 Å². The first-order chi connectivity index (χ1) is 15.7. The third kappa shape index (κ3) is 9.81. The zero-order valence-electron chi connectivity index (χ0n) is 19.4. The van der Waals surface area contributed by atoms with Crippen LogP contribution in [0.4, 0.5) is 0 Å². The molecule has 1 aliphatic rings. The van der Waals surface area contributed by atoms with Crippen molar-refractivity contribution in [3.8, 4) is 0 Å². The molecule has 0 saturated heterocycles. The molecule has 5 nitrogen and oxygen atoms in total. The number of aliphatic hydroxyl groups is 2. The summed E-state index contributed by atoms with van der Waals surface area (Å²) in [5.74, 6) is -0.578. The predicted octanol–water partition coefficient (Wildman–Crippen LogP) is 5.45. The van der Waals surface area contributed by atoms with Crippen LogP contribution in [0.25, 0.3) is 0 Å². The number of unbranched alkanes of at least 4 members (excludes halogenated alkanes) is 3. The van der Waals surface area contributed by atoms with Crippen molar-refractivity contribution in [1.29, 1.82) is 0 Å². The Morgan fingerprint density at radius 3 is 2.61 bits per heavy atom. The van der Waals surface area contributed by atoms with Gasteiger partial charge in [-0.05, 0) is 43.4 Å². The Kier molecular flexibility index (Phi) is 12.0. The molecule has 0 heterocycles. The van der Waals surface area contributed by atoms with Gasteiger partial charge < -0.3 is 15.3 Å². The van der Waals surface area contributed by atoms with Crippen molar-refractivity contribution >= 4 is 35.1 Å². The molecule has 1 aromatic carbocycles. The second-order valence-electron chi connectivity index (χ2n) is 9.10. The number of halogens is 1. The van der Waals surface area contributed by atoms with Crippen molar-refractivity contribution in [3.05, 3.63) is 47.0 Å². The molecule has 7 heteroatoms. The summed E-state index contributed by atoms with van der Waals surface area (Å²) in [6.45, 7) is 2.13. The fraction of sp³-hybridized carbons (Fsp3) is 0.615.